The van der Waals surface area contributed by atoms with Crippen LogP contribution in [0.3, 0.4) is 0 Å². The molecule has 0 unspecified atom stereocenters. The van der Waals surface area contributed by atoms with Gasteiger partial charge in [-0.1, -0.05) is 24.3 Å². The van der Waals surface area contributed by atoms with E-state index >= 15 is 0 Å². The molecule has 0 radical (unpaired) electrons. The monoisotopic (exact) mass is 460 g/mol. The summed E-state index contributed by atoms with van der Waals surface area (Å²) in [6.07, 6.45) is 0. The fourth-order valence-electron chi connectivity index (χ4n) is 4.18. The summed E-state index contributed by atoms with van der Waals surface area (Å²) in [4.78, 5) is 12.4. The Bertz CT molecular complexity index is 1330. The molecule has 34 heavy (non-hydrogen) atoms. The van der Waals surface area contributed by atoms with Gasteiger partial charge in [-0.3, -0.25) is 0 Å². The van der Waals surface area contributed by atoms with Gasteiger partial charge in [0.25, 0.3) is 0 Å². The standard InChI is InChI=1S/C27H28N2O5/c1-17-4-10-22-23(15-28-14-19-13-21(34-3)9-11-25(19)30)26(27(31)32)29(24(22)12-17)16-18-5-7-20(33-2)8-6-18/h4-13,28,30H,14-16H2,1-3H3,(H,31,32). The van der Waals surface area contributed by atoms with Crippen molar-refractivity contribution in [1.29, 1.82) is 0 Å². The first-order chi connectivity index (χ1) is 16.4. The van der Waals surface area contributed by atoms with E-state index in [-0.39, 0.29) is 11.4 Å². The lowest BCUT2D eigenvalue weighted by molar-refractivity contribution is 0.0684. The van der Waals surface area contributed by atoms with Crippen molar-refractivity contribution in [3.8, 4) is 17.2 Å². The highest BCUT2D eigenvalue weighted by molar-refractivity contribution is 5.98. The molecule has 0 atom stereocenters. The van der Waals surface area contributed by atoms with E-state index in [0.717, 1.165) is 27.8 Å². The van der Waals surface area contributed by atoms with E-state index in [1.807, 2.05) is 54.0 Å². The molecule has 0 aliphatic rings. The molecule has 7 nitrogen and oxygen atoms in total. The number of aromatic carboxylic acids is 1. The minimum atomic E-state index is -0.983. The second kappa shape index (κ2) is 9.89. The third kappa shape index (κ3) is 4.70. The van der Waals surface area contributed by atoms with Crippen molar-refractivity contribution in [2.45, 2.75) is 26.6 Å². The summed E-state index contributed by atoms with van der Waals surface area (Å²) in [7, 11) is 3.19. The number of nitrogens with one attached hydrogen (secondary N) is 1. The van der Waals surface area contributed by atoms with E-state index in [1.54, 1.807) is 32.4 Å². The fraction of sp³-hybridized carbons (Fsp3) is 0.222. The van der Waals surface area contributed by atoms with Crippen molar-refractivity contribution in [3.05, 3.63) is 88.6 Å². The van der Waals surface area contributed by atoms with Crippen LogP contribution in [0.5, 0.6) is 17.2 Å². The number of nitrogens with zero attached hydrogens (tertiary/aromatic N) is 1. The molecule has 3 N–H and O–H groups in total. The average Bonchev–Trinajstić information content (AvgIpc) is 3.13. The molecule has 3 aromatic carbocycles. The molecule has 4 aromatic rings. The second-order valence-electron chi connectivity index (χ2n) is 8.19. The highest BCUT2D eigenvalue weighted by Crippen LogP contribution is 2.29. The van der Waals surface area contributed by atoms with Gasteiger partial charge in [0.05, 0.1) is 14.2 Å². The van der Waals surface area contributed by atoms with Gasteiger partial charge in [-0.25, -0.2) is 4.79 Å². The molecule has 0 saturated heterocycles. The van der Waals surface area contributed by atoms with Crippen molar-refractivity contribution in [1.82, 2.24) is 9.88 Å². The predicted octanol–water partition coefficient (Wildman–Crippen LogP) is 4.71. The Hall–Kier alpha value is -3.97. The number of fused-ring (bicyclic) bond motifs is 1. The van der Waals surface area contributed by atoms with Crippen LogP contribution in [0, 0.1) is 6.92 Å². The maximum atomic E-state index is 12.4. The Balaban J connectivity index is 1.70. The second-order valence-corrected chi connectivity index (χ2v) is 8.19. The summed E-state index contributed by atoms with van der Waals surface area (Å²) >= 11 is 0. The topological polar surface area (TPSA) is 93.0 Å². The summed E-state index contributed by atoms with van der Waals surface area (Å²) in [5, 5.41) is 24.5. The number of phenols is 1. The van der Waals surface area contributed by atoms with Crippen molar-refractivity contribution >= 4 is 16.9 Å². The normalized spacial score (nSPS) is 11.0. The molecule has 0 fully saturated rings. The third-order valence-corrected chi connectivity index (χ3v) is 5.93. The quantitative estimate of drug-likeness (QED) is 0.335. The van der Waals surface area contributed by atoms with Crippen LogP contribution in [-0.4, -0.2) is 35.0 Å². The summed E-state index contributed by atoms with van der Waals surface area (Å²) < 4.78 is 12.3. The lowest BCUT2D eigenvalue weighted by atomic mass is 10.1. The van der Waals surface area contributed by atoms with E-state index in [0.29, 0.717) is 36.5 Å². The molecule has 0 bridgehead atoms. The number of benzene rings is 3. The van der Waals surface area contributed by atoms with Crippen LogP contribution >= 0.6 is 0 Å². The van der Waals surface area contributed by atoms with E-state index in [4.69, 9.17) is 9.47 Å². The van der Waals surface area contributed by atoms with Crippen LogP contribution in [0.4, 0.5) is 0 Å². The first-order valence-electron chi connectivity index (χ1n) is 11.0. The van der Waals surface area contributed by atoms with Crippen LogP contribution in [-0.2, 0) is 19.6 Å². The number of phenolic OH excluding ortho intramolecular Hbond substituents is 1. The van der Waals surface area contributed by atoms with Crippen LogP contribution in [0.25, 0.3) is 10.9 Å². The average molecular weight is 461 g/mol. The number of ether oxygens (including phenoxy) is 2. The lowest BCUT2D eigenvalue weighted by Gasteiger charge is -2.11. The SMILES string of the molecule is COc1ccc(Cn2c(C(=O)O)c(CNCc3cc(OC)ccc3O)c3ccc(C)cc32)cc1. The van der Waals surface area contributed by atoms with Crippen LogP contribution < -0.4 is 14.8 Å². The number of rotatable bonds is 9. The zero-order valence-electron chi connectivity index (χ0n) is 19.5. The highest BCUT2D eigenvalue weighted by atomic mass is 16.5. The fourth-order valence-corrected chi connectivity index (χ4v) is 4.18. The Morgan fingerprint density at radius 3 is 2.32 bits per heavy atom. The molecular weight excluding hydrogens is 432 g/mol. The molecule has 0 spiro atoms. The number of hydrogen-bond donors (Lipinski definition) is 3. The number of carbonyl (C=O) groups is 1. The summed E-state index contributed by atoms with van der Waals surface area (Å²) in [5.41, 5.74) is 4.53. The van der Waals surface area contributed by atoms with E-state index < -0.39 is 5.97 Å². The number of aryl methyl sites for hydroxylation is 1. The molecule has 0 aliphatic heterocycles. The maximum Gasteiger partial charge on any atom is 0.352 e. The van der Waals surface area contributed by atoms with Gasteiger partial charge in [-0.2, -0.15) is 0 Å². The number of hydrogen-bond acceptors (Lipinski definition) is 5. The smallest absolute Gasteiger partial charge is 0.352 e. The summed E-state index contributed by atoms with van der Waals surface area (Å²) in [5.74, 6) is 0.571. The highest BCUT2D eigenvalue weighted by Gasteiger charge is 2.22. The van der Waals surface area contributed by atoms with Crippen molar-refractivity contribution in [2.24, 2.45) is 0 Å². The summed E-state index contributed by atoms with van der Waals surface area (Å²) in [6.45, 7) is 3.10. The minimum Gasteiger partial charge on any atom is -0.508 e. The van der Waals surface area contributed by atoms with Gasteiger partial charge >= 0.3 is 5.97 Å². The first-order valence-corrected chi connectivity index (χ1v) is 11.0. The zero-order valence-corrected chi connectivity index (χ0v) is 19.5. The Kier molecular flexibility index (Phi) is 6.75. The van der Waals surface area contributed by atoms with Gasteiger partial charge in [-0.05, 0) is 54.4 Å². The molecule has 4 rings (SSSR count). The van der Waals surface area contributed by atoms with E-state index in [1.165, 1.54) is 0 Å². The number of carboxylic acids is 1. The molecule has 0 aliphatic carbocycles. The first kappa shape index (κ1) is 23.2. The molecule has 0 amide bonds. The van der Waals surface area contributed by atoms with Gasteiger partial charge in [0.2, 0.25) is 0 Å². The maximum absolute atomic E-state index is 12.4. The lowest BCUT2D eigenvalue weighted by Crippen LogP contribution is -2.17. The van der Waals surface area contributed by atoms with Gasteiger partial charge in [0.15, 0.2) is 0 Å². The third-order valence-electron chi connectivity index (χ3n) is 5.93. The van der Waals surface area contributed by atoms with Gasteiger partial charge < -0.3 is 29.6 Å². The molecule has 7 heteroatoms. The number of methoxy groups -OCH3 is 2. The van der Waals surface area contributed by atoms with Crippen molar-refractivity contribution in [3.63, 3.8) is 0 Å². The number of carboxylic acid groups (broad SMARTS) is 1. The van der Waals surface area contributed by atoms with Gasteiger partial charge in [-0.15, -0.1) is 0 Å². The Morgan fingerprint density at radius 1 is 0.941 bits per heavy atom. The number of aromatic nitrogens is 1. The van der Waals surface area contributed by atoms with Crippen LogP contribution in [0.15, 0.2) is 60.7 Å². The van der Waals surface area contributed by atoms with E-state index in [2.05, 4.69) is 5.32 Å². The van der Waals surface area contributed by atoms with Crippen LogP contribution in [0.1, 0.15) is 32.7 Å². The molecule has 1 aromatic heterocycles. The van der Waals surface area contributed by atoms with Gasteiger partial charge in [0.1, 0.15) is 22.9 Å². The number of aromatic hydroxyl groups is 1. The minimum absolute atomic E-state index is 0.157. The predicted molar refractivity (Wildman–Crippen MR) is 131 cm³/mol. The molecule has 1 heterocycles. The van der Waals surface area contributed by atoms with Crippen molar-refractivity contribution < 1.29 is 24.5 Å². The Morgan fingerprint density at radius 2 is 1.65 bits per heavy atom. The summed E-state index contributed by atoms with van der Waals surface area (Å²) in [6, 6.07) is 18.6. The zero-order chi connectivity index (χ0) is 24.2. The molecular formula is C27H28N2O5. The van der Waals surface area contributed by atoms with E-state index in [9.17, 15) is 15.0 Å². The Labute approximate surface area is 198 Å². The van der Waals surface area contributed by atoms with Crippen LogP contribution in [0.2, 0.25) is 0 Å². The van der Waals surface area contributed by atoms with Crippen molar-refractivity contribution in [2.75, 3.05) is 14.2 Å². The molecule has 0 saturated carbocycles. The van der Waals surface area contributed by atoms with Gasteiger partial charge in [0, 0.05) is 41.7 Å². The largest absolute Gasteiger partial charge is 0.508 e. The molecule has 176 valence electrons.